The Morgan fingerprint density at radius 2 is 1.86 bits per heavy atom. The van der Waals surface area contributed by atoms with E-state index in [1.165, 1.54) is 44.1 Å². The van der Waals surface area contributed by atoms with E-state index in [0.717, 1.165) is 12.1 Å². The van der Waals surface area contributed by atoms with E-state index in [1.54, 1.807) is 0 Å². The molecule has 1 aliphatic carbocycles. The number of anilines is 1. The number of para-hydroxylation sites is 1. The fraction of sp³-hybridized carbons (Fsp3) is 0.611. The highest BCUT2D eigenvalue weighted by Crippen LogP contribution is 2.30. The number of rotatable bonds is 2. The van der Waals surface area contributed by atoms with Gasteiger partial charge in [-0.2, -0.15) is 0 Å². The molecule has 1 atom stereocenters. The predicted octanol–water partition coefficient (Wildman–Crippen LogP) is 3.26. The second-order valence-corrected chi connectivity index (χ2v) is 6.66. The molecule has 1 unspecified atom stereocenters. The Bertz CT molecular complexity index is 492. The molecule has 1 aliphatic heterocycles. The second-order valence-electron chi connectivity index (χ2n) is 6.66. The van der Waals surface area contributed by atoms with Crippen molar-refractivity contribution in [3.8, 4) is 0 Å². The van der Waals surface area contributed by atoms with Crippen molar-refractivity contribution in [1.29, 1.82) is 0 Å². The highest BCUT2D eigenvalue weighted by atomic mass is 16.2. The maximum absolute atomic E-state index is 12.8. The van der Waals surface area contributed by atoms with Gasteiger partial charge in [-0.1, -0.05) is 43.9 Å². The van der Waals surface area contributed by atoms with Crippen LogP contribution in [0.25, 0.3) is 0 Å². The predicted molar refractivity (Wildman–Crippen MR) is 86.3 cm³/mol. The zero-order valence-corrected chi connectivity index (χ0v) is 12.8. The van der Waals surface area contributed by atoms with Gasteiger partial charge in [0, 0.05) is 24.7 Å². The number of nitrogens with zero attached hydrogens (tertiary/aromatic N) is 1. The minimum absolute atomic E-state index is 0.0676. The lowest BCUT2D eigenvalue weighted by molar-refractivity contribution is -0.119. The normalized spacial score (nSPS) is 23.5. The largest absolute Gasteiger partial charge is 0.326 e. The van der Waals surface area contributed by atoms with Crippen molar-refractivity contribution in [3.63, 3.8) is 0 Å². The fourth-order valence-corrected chi connectivity index (χ4v) is 3.79. The number of nitrogens with two attached hydrogens (primary N) is 1. The van der Waals surface area contributed by atoms with Crippen molar-refractivity contribution in [2.24, 2.45) is 11.7 Å². The summed E-state index contributed by atoms with van der Waals surface area (Å²) in [4.78, 5) is 14.7. The van der Waals surface area contributed by atoms with Crippen molar-refractivity contribution in [1.82, 2.24) is 0 Å². The summed E-state index contributed by atoms with van der Waals surface area (Å²) in [6, 6.07) is 8.27. The molecule has 2 aliphatic rings. The highest BCUT2D eigenvalue weighted by molar-refractivity contribution is 5.94. The average molecular weight is 286 g/mol. The number of carbonyl (C=O) groups is 1. The molecule has 1 aromatic carbocycles. The second kappa shape index (κ2) is 6.61. The SMILES string of the molecule is NC1Cc2ccccc2N(C(=O)CC2CCCCCC2)C1. The molecular weight excluding hydrogens is 260 g/mol. The Morgan fingerprint density at radius 1 is 1.14 bits per heavy atom. The van der Waals surface area contributed by atoms with E-state index in [4.69, 9.17) is 5.73 Å². The molecule has 1 heterocycles. The smallest absolute Gasteiger partial charge is 0.227 e. The van der Waals surface area contributed by atoms with Crippen LogP contribution in [0, 0.1) is 5.92 Å². The summed E-state index contributed by atoms with van der Waals surface area (Å²) in [5.74, 6) is 0.842. The monoisotopic (exact) mass is 286 g/mol. The first-order valence-corrected chi connectivity index (χ1v) is 8.38. The van der Waals surface area contributed by atoms with Crippen molar-refractivity contribution >= 4 is 11.6 Å². The number of carbonyl (C=O) groups excluding carboxylic acids is 1. The lowest BCUT2D eigenvalue weighted by atomic mass is 9.94. The third-order valence-corrected chi connectivity index (χ3v) is 4.92. The van der Waals surface area contributed by atoms with Gasteiger partial charge in [-0.25, -0.2) is 0 Å². The molecule has 3 nitrogen and oxygen atoms in total. The molecule has 0 bridgehead atoms. The van der Waals surface area contributed by atoms with Crippen LogP contribution in [-0.2, 0) is 11.2 Å². The molecule has 3 rings (SSSR count). The summed E-state index contributed by atoms with van der Waals surface area (Å²) in [6.07, 6.45) is 9.25. The van der Waals surface area contributed by atoms with Crippen LogP contribution in [0.15, 0.2) is 24.3 Å². The van der Waals surface area contributed by atoms with E-state index >= 15 is 0 Å². The van der Waals surface area contributed by atoms with Gasteiger partial charge in [0.2, 0.25) is 5.91 Å². The molecule has 114 valence electrons. The Hall–Kier alpha value is -1.35. The topological polar surface area (TPSA) is 46.3 Å². The van der Waals surface area contributed by atoms with Crippen LogP contribution < -0.4 is 10.6 Å². The van der Waals surface area contributed by atoms with Gasteiger partial charge in [-0.15, -0.1) is 0 Å². The van der Waals surface area contributed by atoms with Crippen molar-refractivity contribution in [2.45, 2.75) is 57.4 Å². The van der Waals surface area contributed by atoms with Crippen molar-refractivity contribution < 1.29 is 4.79 Å². The van der Waals surface area contributed by atoms with Crippen LogP contribution in [0.2, 0.25) is 0 Å². The number of amides is 1. The minimum atomic E-state index is 0.0676. The van der Waals surface area contributed by atoms with Gasteiger partial charge < -0.3 is 10.6 Å². The van der Waals surface area contributed by atoms with E-state index in [0.29, 0.717) is 18.9 Å². The number of fused-ring (bicyclic) bond motifs is 1. The first-order valence-electron chi connectivity index (χ1n) is 8.38. The van der Waals surface area contributed by atoms with Crippen LogP contribution in [0.3, 0.4) is 0 Å². The standard InChI is InChI=1S/C18H26N2O/c19-16-12-15-9-5-6-10-17(15)20(13-16)18(21)11-14-7-3-1-2-4-8-14/h5-6,9-10,14,16H,1-4,7-8,11-13,19H2. The van der Waals surface area contributed by atoms with E-state index in [2.05, 4.69) is 12.1 Å². The number of hydrogen-bond donors (Lipinski definition) is 1. The molecule has 2 N–H and O–H groups in total. The summed E-state index contributed by atoms with van der Waals surface area (Å²) in [6.45, 7) is 0.669. The fourth-order valence-electron chi connectivity index (χ4n) is 3.79. The highest BCUT2D eigenvalue weighted by Gasteiger charge is 2.28. The average Bonchev–Trinajstić information content (AvgIpc) is 2.75. The molecule has 0 saturated heterocycles. The third-order valence-electron chi connectivity index (χ3n) is 4.92. The van der Waals surface area contributed by atoms with Gasteiger partial charge >= 0.3 is 0 Å². The first-order chi connectivity index (χ1) is 10.2. The molecule has 0 radical (unpaired) electrons. The molecule has 3 heteroatoms. The van der Waals surface area contributed by atoms with Crippen LogP contribution in [0.5, 0.6) is 0 Å². The van der Waals surface area contributed by atoms with E-state index in [9.17, 15) is 4.79 Å². The zero-order valence-electron chi connectivity index (χ0n) is 12.8. The molecule has 1 fully saturated rings. The third kappa shape index (κ3) is 3.46. The lowest BCUT2D eigenvalue weighted by Crippen LogP contribution is -2.46. The number of hydrogen-bond acceptors (Lipinski definition) is 2. The van der Waals surface area contributed by atoms with Crippen LogP contribution in [0.4, 0.5) is 5.69 Å². The van der Waals surface area contributed by atoms with E-state index in [1.807, 2.05) is 17.0 Å². The number of benzene rings is 1. The van der Waals surface area contributed by atoms with Gasteiger partial charge in [-0.3, -0.25) is 4.79 Å². The molecule has 0 aromatic heterocycles. The Kier molecular flexibility index (Phi) is 4.59. The van der Waals surface area contributed by atoms with Crippen LogP contribution in [0.1, 0.15) is 50.5 Å². The Morgan fingerprint density at radius 3 is 2.62 bits per heavy atom. The summed E-state index contributed by atoms with van der Waals surface area (Å²) >= 11 is 0. The van der Waals surface area contributed by atoms with Crippen LogP contribution >= 0.6 is 0 Å². The molecule has 21 heavy (non-hydrogen) atoms. The maximum Gasteiger partial charge on any atom is 0.227 e. The van der Waals surface area contributed by atoms with Gasteiger partial charge in [0.1, 0.15) is 0 Å². The van der Waals surface area contributed by atoms with Gasteiger partial charge in [0.25, 0.3) is 0 Å². The Balaban J connectivity index is 1.72. The van der Waals surface area contributed by atoms with Gasteiger partial charge in [-0.05, 0) is 36.8 Å². The summed E-state index contributed by atoms with van der Waals surface area (Å²) < 4.78 is 0. The minimum Gasteiger partial charge on any atom is -0.326 e. The van der Waals surface area contributed by atoms with Crippen LogP contribution in [-0.4, -0.2) is 18.5 Å². The van der Waals surface area contributed by atoms with E-state index in [-0.39, 0.29) is 11.9 Å². The summed E-state index contributed by atoms with van der Waals surface area (Å²) in [7, 11) is 0. The van der Waals surface area contributed by atoms with Crippen molar-refractivity contribution in [2.75, 3.05) is 11.4 Å². The van der Waals surface area contributed by atoms with Gasteiger partial charge in [0.15, 0.2) is 0 Å². The summed E-state index contributed by atoms with van der Waals surface area (Å²) in [5.41, 5.74) is 8.44. The van der Waals surface area contributed by atoms with Crippen molar-refractivity contribution in [3.05, 3.63) is 29.8 Å². The molecule has 1 amide bonds. The zero-order chi connectivity index (χ0) is 14.7. The molecule has 1 aromatic rings. The maximum atomic E-state index is 12.8. The quantitative estimate of drug-likeness (QED) is 0.848. The Labute approximate surface area is 127 Å². The lowest BCUT2D eigenvalue weighted by Gasteiger charge is -2.34. The molecule has 0 spiro atoms. The van der Waals surface area contributed by atoms with Gasteiger partial charge in [0.05, 0.1) is 0 Å². The molecule has 1 saturated carbocycles. The summed E-state index contributed by atoms with van der Waals surface area (Å²) in [5, 5.41) is 0. The molecular formula is C18H26N2O. The van der Waals surface area contributed by atoms with E-state index < -0.39 is 0 Å². The first kappa shape index (κ1) is 14.6.